The molecule has 22 heavy (non-hydrogen) atoms. The van der Waals surface area contributed by atoms with Gasteiger partial charge in [0.25, 0.3) is 5.91 Å². The number of hydrogen-bond acceptors (Lipinski definition) is 5. The van der Waals surface area contributed by atoms with E-state index < -0.39 is 17.6 Å². The fourth-order valence-electron chi connectivity index (χ4n) is 0.571. The van der Waals surface area contributed by atoms with Gasteiger partial charge in [-0.15, -0.1) is 0 Å². The molecule has 0 bridgehead atoms. The van der Waals surface area contributed by atoms with Crippen molar-refractivity contribution in [3.63, 3.8) is 0 Å². The Labute approximate surface area is 171 Å². The quantitative estimate of drug-likeness (QED) is 0.217. The normalized spacial score (nSPS) is 6.32. The second-order valence-electron chi connectivity index (χ2n) is 2.05. The molecule has 143 valence electrons. The average Bonchev–Trinajstić information content (AvgIpc) is 2.14. The van der Waals surface area contributed by atoms with Crippen molar-refractivity contribution in [3.05, 3.63) is 0 Å². The summed E-state index contributed by atoms with van der Waals surface area (Å²) in [6, 6.07) is 0.799. The van der Waals surface area contributed by atoms with Crippen LogP contribution in [0.5, 0.6) is 0 Å². The molecular formula is C7H12Cl2Cu3N4O6. The van der Waals surface area contributed by atoms with E-state index in [1.54, 1.807) is 6.92 Å². The minimum Gasteiger partial charge on any atom is -2.00 e. The minimum absolute atomic E-state index is 0. The van der Waals surface area contributed by atoms with E-state index >= 15 is 0 Å². The van der Waals surface area contributed by atoms with Crippen molar-refractivity contribution in [2.75, 3.05) is 13.7 Å². The molecule has 0 unspecified atom stereocenters. The first-order chi connectivity index (χ1) is 6.65. The van der Waals surface area contributed by atoms with Crippen LogP contribution in [0.1, 0.15) is 6.92 Å². The maximum absolute atomic E-state index is 11.0. The molecule has 0 aromatic carbocycles. The number of oxime groups is 1. The Bertz CT molecular complexity index is 319. The maximum Gasteiger partial charge on any atom is 2.00 e. The first-order valence-electron chi connectivity index (χ1n) is 3.76. The molecule has 15 heteroatoms. The summed E-state index contributed by atoms with van der Waals surface area (Å²) >= 11 is 0. The Morgan fingerprint density at radius 1 is 1.18 bits per heavy atom. The third-order valence-electron chi connectivity index (χ3n) is 1.07. The molecule has 3 radical (unpaired) electrons. The van der Waals surface area contributed by atoms with Crippen LogP contribution in [0.3, 0.4) is 0 Å². The van der Waals surface area contributed by atoms with E-state index in [4.69, 9.17) is 5.26 Å². The monoisotopic (exact) mass is 507 g/mol. The zero-order valence-corrected chi connectivity index (χ0v) is 15.1. The molecule has 0 fully saturated rings. The summed E-state index contributed by atoms with van der Waals surface area (Å²) in [7, 11) is 1.19. The van der Waals surface area contributed by atoms with Crippen molar-refractivity contribution in [2.24, 2.45) is 5.16 Å². The number of rotatable bonds is 3. The predicted molar refractivity (Wildman–Crippen MR) is 52.3 cm³/mol. The Hall–Kier alpha value is -0.0816. The largest absolute Gasteiger partial charge is 2.00 e. The van der Waals surface area contributed by atoms with Gasteiger partial charge in [0.2, 0.25) is 5.71 Å². The molecule has 0 aliphatic heterocycles. The van der Waals surface area contributed by atoms with Gasteiger partial charge >= 0.3 is 57.2 Å². The molecule has 0 aliphatic rings. The molecule has 0 saturated carbocycles. The maximum atomic E-state index is 11.0. The molecule has 0 saturated heterocycles. The minimum atomic E-state index is -0.903. The molecular weight excluding hydrogens is 498 g/mol. The first kappa shape index (κ1) is 57.5. The molecule has 0 spiro atoms. The van der Waals surface area contributed by atoms with Gasteiger partial charge in [-0.25, -0.2) is 4.79 Å². The van der Waals surface area contributed by atoms with E-state index in [2.05, 4.69) is 15.3 Å². The van der Waals surface area contributed by atoms with Gasteiger partial charge in [-0.05, 0) is 6.92 Å². The summed E-state index contributed by atoms with van der Waals surface area (Å²) in [5.74, 6) is -0.903. The summed E-state index contributed by atoms with van der Waals surface area (Å²) < 4.78 is 0. The summed E-state index contributed by atoms with van der Waals surface area (Å²) in [5, 5.41) is 15.8. The second-order valence-corrected chi connectivity index (χ2v) is 2.05. The van der Waals surface area contributed by atoms with E-state index in [1.165, 1.54) is 13.2 Å². The molecule has 0 aliphatic carbocycles. The molecule has 4 N–H and O–H groups in total. The number of nitrogens with one attached hydrogen (secondary N) is 2. The first-order valence-corrected chi connectivity index (χ1v) is 3.76. The van der Waals surface area contributed by atoms with E-state index in [1.807, 2.05) is 5.32 Å². The average molecular weight is 510 g/mol. The zero-order chi connectivity index (χ0) is 11.0. The number of hydrogen-bond donors (Lipinski definition) is 2. The number of carbonyl (C=O) groups is 2. The summed E-state index contributed by atoms with van der Waals surface area (Å²) in [6.45, 7) is 2.07. The van der Waals surface area contributed by atoms with Crippen LogP contribution in [0.15, 0.2) is 5.16 Å². The Balaban J connectivity index is -0.0000000302. The SMILES string of the molecule is CCNC(=O)NC(=O)/C(C#N)=N/OC.O.[Cl-].[Cl-].[Cu+2].[Cu+2].[Cu+2].[O-2].[O-2]. The van der Waals surface area contributed by atoms with Crippen molar-refractivity contribution < 1.29 is 107 Å². The molecule has 0 aromatic rings. The van der Waals surface area contributed by atoms with Crippen LogP contribution in [0, 0.1) is 11.3 Å². The molecule has 0 aromatic heterocycles. The smallest absolute Gasteiger partial charge is 2.00 e. The fourth-order valence-corrected chi connectivity index (χ4v) is 0.571. The van der Waals surface area contributed by atoms with Gasteiger partial charge in [-0.2, -0.15) is 5.26 Å². The number of amides is 3. The van der Waals surface area contributed by atoms with Crippen LogP contribution in [0.2, 0.25) is 0 Å². The summed E-state index contributed by atoms with van der Waals surface area (Å²) in [5.41, 5.74) is -0.515. The topological polar surface area (TPSA) is 192 Å². The third-order valence-corrected chi connectivity index (χ3v) is 1.07. The van der Waals surface area contributed by atoms with Crippen LogP contribution in [-0.2, 0) is 71.8 Å². The number of carbonyl (C=O) groups excluding carboxylic acids is 2. The van der Waals surface area contributed by atoms with Gasteiger partial charge < -0.3 is 51.4 Å². The van der Waals surface area contributed by atoms with Gasteiger partial charge in [0, 0.05) is 6.54 Å². The van der Waals surface area contributed by atoms with Crippen LogP contribution in [0.25, 0.3) is 0 Å². The van der Waals surface area contributed by atoms with E-state index in [-0.39, 0.29) is 92.4 Å². The van der Waals surface area contributed by atoms with Crippen molar-refractivity contribution in [1.82, 2.24) is 10.6 Å². The van der Waals surface area contributed by atoms with Crippen molar-refractivity contribution in [2.45, 2.75) is 6.92 Å². The van der Waals surface area contributed by atoms with Crippen LogP contribution in [0.4, 0.5) is 4.79 Å². The number of imide groups is 1. The Kier molecular flexibility index (Phi) is 97.4. The van der Waals surface area contributed by atoms with Crippen LogP contribution in [-0.4, -0.2) is 36.8 Å². The van der Waals surface area contributed by atoms with Gasteiger partial charge in [0.1, 0.15) is 13.2 Å². The second kappa shape index (κ2) is 37.3. The van der Waals surface area contributed by atoms with Crippen molar-refractivity contribution in [1.29, 1.82) is 5.26 Å². The number of nitriles is 1. The van der Waals surface area contributed by atoms with Gasteiger partial charge in [-0.3, -0.25) is 10.1 Å². The van der Waals surface area contributed by atoms with Gasteiger partial charge in [0.15, 0.2) is 0 Å². The molecule has 3 amide bonds. The summed E-state index contributed by atoms with van der Waals surface area (Å²) in [4.78, 5) is 26.1. The van der Waals surface area contributed by atoms with Crippen molar-refractivity contribution in [3.8, 4) is 6.07 Å². The van der Waals surface area contributed by atoms with E-state index in [0.29, 0.717) is 6.54 Å². The number of nitrogens with zero attached hydrogens (tertiary/aromatic N) is 2. The van der Waals surface area contributed by atoms with E-state index in [0.717, 1.165) is 0 Å². The van der Waals surface area contributed by atoms with Crippen LogP contribution >= 0.6 is 0 Å². The zero-order valence-electron chi connectivity index (χ0n) is 10.8. The van der Waals surface area contributed by atoms with Gasteiger partial charge in [-0.1, -0.05) is 5.16 Å². The van der Waals surface area contributed by atoms with E-state index in [9.17, 15) is 9.59 Å². The molecule has 0 rings (SSSR count). The third kappa shape index (κ3) is 28.1. The molecule has 0 atom stereocenters. The summed E-state index contributed by atoms with van der Waals surface area (Å²) in [6.07, 6.45) is 0. The Morgan fingerprint density at radius 3 is 1.86 bits per heavy atom. The fraction of sp³-hybridized carbons (Fsp3) is 0.429. The van der Waals surface area contributed by atoms with Crippen LogP contribution < -0.4 is 35.4 Å². The Morgan fingerprint density at radius 2 is 1.59 bits per heavy atom. The van der Waals surface area contributed by atoms with Gasteiger partial charge in [0.05, 0.1) is 0 Å². The standard InChI is InChI=1S/C7H10N4O3.2ClH.3Cu.H2O.2O/c1-3-9-7(13)10-6(12)5(4-8)11-14-2;;;;;;;;/h3H2,1-2H3,(H2,9,10,12,13);2*1H;;;;1H2;;/q;;;3*+2;;2*-2/p-2/b11-5+;;;;;;;;. The molecule has 10 nitrogen and oxygen atoms in total. The molecule has 0 heterocycles. The predicted octanol–water partition coefficient (Wildman–Crippen LogP) is -7.70. The number of urea groups is 1. The number of halogens is 2. The van der Waals surface area contributed by atoms with Crippen molar-refractivity contribution >= 4 is 17.6 Å².